The molecule has 1 fully saturated rings. The molecular weight excluding hydrogens is 550 g/mol. The minimum Gasteiger partial charge on any atom is -0.465 e. The molecule has 6 rings (SSSR count). The number of amides is 2. The lowest BCUT2D eigenvalue weighted by Gasteiger charge is -2.30. The van der Waals surface area contributed by atoms with Crippen molar-refractivity contribution < 1.29 is 33.3 Å². The smallest absolute Gasteiger partial charge is 0.405 e. The minimum absolute atomic E-state index is 0.0902. The summed E-state index contributed by atoms with van der Waals surface area (Å²) in [4.78, 5) is 35.4. The molecule has 2 amide bonds. The molecule has 3 aromatic heterocycles. The molecule has 1 aliphatic heterocycles. The summed E-state index contributed by atoms with van der Waals surface area (Å²) in [5, 5.41) is 21.6. The number of carbonyl (C=O) groups excluding carboxylic acids is 1. The highest BCUT2D eigenvalue weighted by molar-refractivity contribution is 5.99. The summed E-state index contributed by atoms with van der Waals surface area (Å²) in [5.41, 5.74) is 3.56. The van der Waals surface area contributed by atoms with Crippen LogP contribution in [0.5, 0.6) is 5.75 Å². The van der Waals surface area contributed by atoms with Crippen LogP contribution in [0.3, 0.4) is 0 Å². The van der Waals surface area contributed by atoms with E-state index in [2.05, 4.69) is 9.88 Å². The summed E-state index contributed by atoms with van der Waals surface area (Å²) in [6, 6.07) is 8.01. The zero-order chi connectivity index (χ0) is 29.7. The SMILES string of the molecule is CC(O)C(F)Oc1cccc2cc(-c3nc4cc5c(nc4n3C)CCN(CC(CF)NC(=O)O)C5=O)n(CC3CC3)c12. The molecule has 0 saturated heterocycles. The van der Waals surface area contributed by atoms with Crippen LogP contribution in [0.1, 0.15) is 35.8 Å². The number of pyridine rings is 1. The lowest BCUT2D eigenvalue weighted by atomic mass is 10.0. The topological polar surface area (TPSA) is 135 Å². The molecule has 13 heteroatoms. The predicted octanol–water partition coefficient (Wildman–Crippen LogP) is 3.66. The van der Waals surface area contributed by atoms with E-state index in [1.807, 2.05) is 23.7 Å². The van der Waals surface area contributed by atoms with Crippen molar-refractivity contribution in [2.75, 3.05) is 19.8 Å². The average molecular weight is 583 g/mol. The van der Waals surface area contributed by atoms with E-state index in [9.17, 15) is 23.5 Å². The third-order valence-electron chi connectivity index (χ3n) is 7.88. The largest absolute Gasteiger partial charge is 0.465 e. The number of aliphatic hydroxyl groups is 1. The Morgan fingerprint density at radius 3 is 2.74 bits per heavy atom. The van der Waals surface area contributed by atoms with Gasteiger partial charge in [-0.2, -0.15) is 4.39 Å². The Hall–Kier alpha value is -4.26. The van der Waals surface area contributed by atoms with Crippen molar-refractivity contribution in [1.29, 1.82) is 0 Å². The summed E-state index contributed by atoms with van der Waals surface area (Å²) in [6.07, 6.45) is -1.92. The van der Waals surface area contributed by atoms with Gasteiger partial charge in [0.1, 0.15) is 24.0 Å². The molecule has 0 bridgehead atoms. The first-order valence-electron chi connectivity index (χ1n) is 14.0. The van der Waals surface area contributed by atoms with Gasteiger partial charge in [-0.3, -0.25) is 4.79 Å². The Balaban J connectivity index is 1.40. The number of carboxylic acid groups (broad SMARTS) is 1. The van der Waals surface area contributed by atoms with E-state index in [4.69, 9.17) is 19.8 Å². The molecular formula is C29H32F2N6O5. The second-order valence-corrected chi connectivity index (χ2v) is 11.1. The fraction of sp³-hybridized carbons (Fsp3) is 0.448. The van der Waals surface area contributed by atoms with E-state index in [1.165, 1.54) is 11.8 Å². The van der Waals surface area contributed by atoms with Crippen molar-refractivity contribution in [3.63, 3.8) is 0 Å². The van der Waals surface area contributed by atoms with E-state index in [0.29, 0.717) is 58.4 Å². The van der Waals surface area contributed by atoms with E-state index >= 15 is 0 Å². The number of benzene rings is 1. The summed E-state index contributed by atoms with van der Waals surface area (Å²) in [5.74, 6) is 1.06. The normalized spacial score (nSPS) is 17.4. The molecule has 3 unspecified atom stereocenters. The number of aliphatic hydroxyl groups excluding tert-OH is 1. The van der Waals surface area contributed by atoms with Crippen LogP contribution in [0, 0.1) is 5.92 Å². The van der Waals surface area contributed by atoms with Crippen LogP contribution in [-0.4, -0.2) is 84.5 Å². The maximum Gasteiger partial charge on any atom is 0.405 e. The molecule has 11 nitrogen and oxygen atoms in total. The molecule has 1 aromatic carbocycles. The highest BCUT2D eigenvalue weighted by atomic mass is 19.1. The monoisotopic (exact) mass is 582 g/mol. The quantitative estimate of drug-likeness (QED) is 0.260. The molecule has 0 spiro atoms. The van der Waals surface area contributed by atoms with Crippen molar-refractivity contribution in [2.45, 2.75) is 51.2 Å². The summed E-state index contributed by atoms with van der Waals surface area (Å²) in [7, 11) is 1.85. The molecule has 1 saturated carbocycles. The maximum absolute atomic E-state index is 14.4. The van der Waals surface area contributed by atoms with Crippen molar-refractivity contribution in [2.24, 2.45) is 13.0 Å². The first kappa shape index (κ1) is 27.9. The number of imidazole rings is 1. The van der Waals surface area contributed by atoms with E-state index in [0.717, 1.165) is 23.9 Å². The molecule has 4 heterocycles. The van der Waals surface area contributed by atoms with Gasteiger partial charge in [0.2, 0.25) is 0 Å². The molecule has 3 N–H and O–H groups in total. The zero-order valence-electron chi connectivity index (χ0n) is 23.3. The van der Waals surface area contributed by atoms with Crippen LogP contribution in [0.2, 0.25) is 0 Å². The highest BCUT2D eigenvalue weighted by Crippen LogP contribution is 2.39. The molecule has 42 heavy (non-hydrogen) atoms. The molecule has 2 aliphatic rings. The molecule has 222 valence electrons. The van der Waals surface area contributed by atoms with Crippen molar-refractivity contribution in [3.05, 3.63) is 41.6 Å². The van der Waals surface area contributed by atoms with Gasteiger partial charge in [0.15, 0.2) is 11.5 Å². The van der Waals surface area contributed by atoms with Gasteiger partial charge in [-0.15, -0.1) is 0 Å². The summed E-state index contributed by atoms with van der Waals surface area (Å²) >= 11 is 0. The number of alkyl halides is 2. The first-order valence-corrected chi connectivity index (χ1v) is 14.0. The Morgan fingerprint density at radius 2 is 2.05 bits per heavy atom. The van der Waals surface area contributed by atoms with Gasteiger partial charge >= 0.3 is 6.09 Å². The van der Waals surface area contributed by atoms with E-state index < -0.39 is 31.3 Å². The number of aryl methyl sites for hydroxylation is 1. The van der Waals surface area contributed by atoms with Gasteiger partial charge in [0.05, 0.1) is 28.5 Å². The fourth-order valence-electron chi connectivity index (χ4n) is 5.55. The number of para-hydroxylation sites is 1. The number of nitrogens with one attached hydrogen (secondary N) is 1. The van der Waals surface area contributed by atoms with Crippen LogP contribution >= 0.6 is 0 Å². The van der Waals surface area contributed by atoms with Crippen molar-refractivity contribution >= 4 is 34.1 Å². The highest BCUT2D eigenvalue weighted by Gasteiger charge is 2.31. The van der Waals surface area contributed by atoms with Crippen molar-refractivity contribution in [3.8, 4) is 17.3 Å². The summed E-state index contributed by atoms with van der Waals surface area (Å²) < 4.78 is 37.3. The Morgan fingerprint density at radius 1 is 1.26 bits per heavy atom. The third kappa shape index (κ3) is 5.13. The zero-order valence-corrected chi connectivity index (χ0v) is 23.3. The summed E-state index contributed by atoms with van der Waals surface area (Å²) in [6.45, 7) is 1.28. The lowest BCUT2D eigenvalue weighted by Crippen LogP contribution is -2.48. The Kier molecular flexibility index (Phi) is 7.21. The second kappa shape index (κ2) is 10.9. The van der Waals surface area contributed by atoms with Crippen LogP contribution in [-0.2, 0) is 20.0 Å². The number of rotatable bonds is 10. The van der Waals surface area contributed by atoms with Crippen molar-refractivity contribution in [1.82, 2.24) is 29.3 Å². The number of hydrogen-bond acceptors (Lipinski definition) is 6. The molecule has 4 aromatic rings. The fourth-order valence-corrected chi connectivity index (χ4v) is 5.55. The standard InChI is InChI=1S/C29H32F2N6O5/c1-15(38)25(31)42-23-5-3-4-17-10-22(37(24(17)23)13-16-6-7-16)27-34-21-11-19-20(33-26(21)35(27)2)8-9-36(28(19)39)14-18(12-30)32-29(40)41/h3-5,10-11,15-16,18,25,32,38H,6-9,12-14H2,1-2H3,(H,40,41). The third-order valence-corrected chi connectivity index (χ3v) is 7.88. The Bertz CT molecular complexity index is 1680. The van der Waals surface area contributed by atoms with Crippen LogP contribution in [0.15, 0.2) is 30.3 Å². The number of hydrogen-bond donors (Lipinski definition) is 3. The first-order chi connectivity index (χ1) is 20.1. The van der Waals surface area contributed by atoms with Gasteiger partial charge < -0.3 is 34.3 Å². The Labute approximate surface area is 239 Å². The van der Waals surface area contributed by atoms with Crippen LogP contribution in [0.4, 0.5) is 13.6 Å². The van der Waals surface area contributed by atoms with Crippen LogP contribution < -0.4 is 10.1 Å². The average Bonchev–Trinajstić information content (AvgIpc) is 3.62. The maximum atomic E-state index is 14.4. The van der Waals surface area contributed by atoms with Gasteiger partial charge in [-0.1, -0.05) is 12.1 Å². The number of aromatic nitrogens is 4. The molecule has 0 radical (unpaired) electrons. The molecule has 3 atom stereocenters. The van der Waals surface area contributed by atoms with Gasteiger partial charge in [-0.05, 0) is 43.9 Å². The predicted molar refractivity (Wildman–Crippen MR) is 150 cm³/mol. The van der Waals surface area contributed by atoms with Gasteiger partial charge in [-0.25, -0.2) is 19.2 Å². The van der Waals surface area contributed by atoms with E-state index in [1.54, 1.807) is 18.2 Å². The second-order valence-electron chi connectivity index (χ2n) is 11.1. The minimum atomic E-state index is -1.88. The van der Waals surface area contributed by atoms with Gasteiger partial charge in [0, 0.05) is 38.5 Å². The number of halogens is 2. The number of nitrogens with zero attached hydrogens (tertiary/aromatic N) is 5. The van der Waals surface area contributed by atoms with Crippen LogP contribution in [0.25, 0.3) is 33.6 Å². The van der Waals surface area contributed by atoms with Gasteiger partial charge in [0.25, 0.3) is 12.3 Å². The number of fused-ring (bicyclic) bond motifs is 3. The molecule has 1 aliphatic carbocycles. The number of carbonyl (C=O) groups is 2. The number of ether oxygens (including phenoxy) is 1. The lowest BCUT2D eigenvalue weighted by molar-refractivity contribution is -0.0365. The van der Waals surface area contributed by atoms with E-state index in [-0.39, 0.29) is 19.0 Å².